The van der Waals surface area contributed by atoms with Crippen LogP contribution < -0.4 is 4.74 Å². The van der Waals surface area contributed by atoms with Crippen molar-refractivity contribution in [2.24, 2.45) is 0 Å². The van der Waals surface area contributed by atoms with Gasteiger partial charge in [0.2, 0.25) is 5.88 Å². The standard InChI is InChI=1S/C10H14ClNO2.C2H6/c1-7-4-8(11)9(12-5-7)14-6-10(2,3)13;1-2/h4-5,13H,6H2,1-3H3;1-2H3. The first-order valence-electron chi connectivity index (χ1n) is 5.36. The van der Waals surface area contributed by atoms with Gasteiger partial charge in [0.1, 0.15) is 11.6 Å². The van der Waals surface area contributed by atoms with Crippen LogP contribution in [0.25, 0.3) is 0 Å². The zero-order valence-corrected chi connectivity index (χ0v) is 11.3. The Balaban J connectivity index is 0.00000106. The van der Waals surface area contributed by atoms with Crippen LogP contribution in [0.4, 0.5) is 0 Å². The van der Waals surface area contributed by atoms with Gasteiger partial charge in [0, 0.05) is 6.20 Å². The number of nitrogens with zero attached hydrogens (tertiary/aromatic N) is 1. The number of hydrogen-bond donors (Lipinski definition) is 1. The molecular formula is C12H20ClNO2. The Morgan fingerprint density at radius 1 is 1.44 bits per heavy atom. The molecule has 4 heteroatoms. The lowest BCUT2D eigenvalue weighted by atomic mass is 10.2. The molecule has 0 aliphatic carbocycles. The van der Waals surface area contributed by atoms with Crippen molar-refractivity contribution in [2.75, 3.05) is 6.61 Å². The second-order valence-electron chi connectivity index (χ2n) is 3.90. The van der Waals surface area contributed by atoms with Crippen LogP contribution in [0, 0.1) is 6.92 Å². The molecule has 1 rings (SSSR count). The molecule has 0 aromatic carbocycles. The van der Waals surface area contributed by atoms with Crippen molar-refractivity contribution >= 4 is 11.6 Å². The third-order valence-electron chi connectivity index (χ3n) is 1.51. The number of aromatic nitrogens is 1. The molecule has 0 atom stereocenters. The van der Waals surface area contributed by atoms with Gasteiger partial charge in [-0.15, -0.1) is 0 Å². The monoisotopic (exact) mass is 245 g/mol. The van der Waals surface area contributed by atoms with E-state index in [1.165, 1.54) is 0 Å². The van der Waals surface area contributed by atoms with Crippen molar-refractivity contribution in [1.29, 1.82) is 0 Å². The Hall–Kier alpha value is -0.800. The van der Waals surface area contributed by atoms with Gasteiger partial charge in [0.15, 0.2) is 0 Å². The number of pyridine rings is 1. The second kappa shape index (κ2) is 6.71. The number of ether oxygens (including phenoxy) is 1. The van der Waals surface area contributed by atoms with Crippen molar-refractivity contribution in [3.05, 3.63) is 22.8 Å². The molecule has 0 bridgehead atoms. The number of rotatable bonds is 3. The molecule has 0 amide bonds. The van der Waals surface area contributed by atoms with Crippen molar-refractivity contribution in [3.63, 3.8) is 0 Å². The molecule has 0 saturated heterocycles. The van der Waals surface area contributed by atoms with E-state index in [-0.39, 0.29) is 6.61 Å². The van der Waals surface area contributed by atoms with E-state index >= 15 is 0 Å². The van der Waals surface area contributed by atoms with Crippen molar-refractivity contribution < 1.29 is 9.84 Å². The van der Waals surface area contributed by atoms with Gasteiger partial charge in [0.05, 0.1) is 5.60 Å². The minimum Gasteiger partial charge on any atom is -0.474 e. The largest absolute Gasteiger partial charge is 0.474 e. The Labute approximate surface area is 102 Å². The molecule has 1 heterocycles. The van der Waals surface area contributed by atoms with Crippen LogP contribution in [0.15, 0.2) is 12.3 Å². The van der Waals surface area contributed by atoms with Gasteiger partial charge in [-0.2, -0.15) is 0 Å². The molecule has 0 spiro atoms. The first-order chi connectivity index (χ1) is 7.38. The molecule has 3 nitrogen and oxygen atoms in total. The summed E-state index contributed by atoms with van der Waals surface area (Å²) in [6, 6.07) is 1.77. The maximum absolute atomic E-state index is 9.43. The molecule has 0 radical (unpaired) electrons. The highest BCUT2D eigenvalue weighted by Crippen LogP contribution is 2.22. The molecule has 1 aromatic heterocycles. The van der Waals surface area contributed by atoms with Crippen LogP contribution in [0.1, 0.15) is 33.3 Å². The molecule has 16 heavy (non-hydrogen) atoms. The van der Waals surface area contributed by atoms with Gasteiger partial charge >= 0.3 is 0 Å². The molecule has 1 aromatic rings. The quantitative estimate of drug-likeness (QED) is 0.889. The highest BCUT2D eigenvalue weighted by Gasteiger charge is 2.14. The summed E-state index contributed by atoms with van der Waals surface area (Å²) in [4.78, 5) is 4.02. The third-order valence-corrected chi connectivity index (χ3v) is 1.78. The lowest BCUT2D eigenvalue weighted by Crippen LogP contribution is -2.28. The average molecular weight is 246 g/mol. The van der Waals surface area contributed by atoms with Crippen LogP contribution in [-0.4, -0.2) is 22.3 Å². The average Bonchev–Trinajstić information content (AvgIpc) is 2.18. The molecule has 0 aliphatic heterocycles. The Kier molecular flexibility index (Phi) is 6.38. The van der Waals surface area contributed by atoms with Gasteiger partial charge in [-0.3, -0.25) is 0 Å². The summed E-state index contributed by atoms with van der Waals surface area (Å²) in [6.45, 7) is 9.39. The summed E-state index contributed by atoms with van der Waals surface area (Å²) < 4.78 is 5.26. The number of hydrogen-bond acceptors (Lipinski definition) is 3. The van der Waals surface area contributed by atoms with E-state index in [2.05, 4.69) is 4.98 Å². The normalized spacial score (nSPS) is 10.4. The first-order valence-corrected chi connectivity index (χ1v) is 5.73. The fourth-order valence-corrected chi connectivity index (χ4v) is 1.15. The van der Waals surface area contributed by atoms with E-state index in [1.54, 1.807) is 26.1 Å². The Morgan fingerprint density at radius 3 is 2.44 bits per heavy atom. The summed E-state index contributed by atoms with van der Waals surface area (Å²) in [6.07, 6.45) is 1.67. The highest BCUT2D eigenvalue weighted by atomic mass is 35.5. The van der Waals surface area contributed by atoms with E-state index < -0.39 is 5.60 Å². The number of aliphatic hydroxyl groups is 1. The van der Waals surface area contributed by atoms with E-state index in [0.29, 0.717) is 10.9 Å². The van der Waals surface area contributed by atoms with E-state index in [9.17, 15) is 5.11 Å². The zero-order valence-electron chi connectivity index (χ0n) is 10.5. The molecule has 0 fully saturated rings. The van der Waals surface area contributed by atoms with Crippen LogP contribution in [-0.2, 0) is 0 Å². The van der Waals surface area contributed by atoms with Gasteiger partial charge < -0.3 is 9.84 Å². The number of aryl methyl sites for hydroxylation is 1. The molecule has 1 N–H and O–H groups in total. The van der Waals surface area contributed by atoms with Crippen LogP contribution >= 0.6 is 11.6 Å². The summed E-state index contributed by atoms with van der Waals surface area (Å²) in [5, 5.41) is 9.90. The second-order valence-corrected chi connectivity index (χ2v) is 4.31. The van der Waals surface area contributed by atoms with E-state index in [4.69, 9.17) is 16.3 Å². The van der Waals surface area contributed by atoms with Crippen molar-refractivity contribution in [1.82, 2.24) is 4.98 Å². The van der Waals surface area contributed by atoms with Crippen LogP contribution in [0.2, 0.25) is 5.02 Å². The topological polar surface area (TPSA) is 42.4 Å². The molecule has 92 valence electrons. The first kappa shape index (κ1) is 15.2. The highest BCUT2D eigenvalue weighted by molar-refractivity contribution is 6.31. The SMILES string of the molecule is CC.Cc1cnc(OCC(C)(C)O)c(Cl)c1. The van der Waals surface area contributed by atoms with E-state index in [0.717, 1.165) is 5.56 Å². The Morgan fingerprint density at radius 2 is 2.00 bits per heavy atom. The molecular weight excluding hydrogens is 226 g/mol. The van der Waals surface area contributed by atoms with Crippen molar-refractivity contribution in [3.8, 4) is 5.88 Å². The van der Waals surface area contributed by atoms with E-state index in [1.807, 2.05) is 20.8 Å². The number of halogens is 1. The minimum atomic E-state index is -0.879. The zero-order chi connectivity index (χ0) is 12.8. The fraction of sp³-hybridized carbons (Fsp3) is 0.583. The summed E-state index contributed by atoms with van der Waals surface area (Å²) in [7, 11) is 0. The predicted octanol–water partition coefficient (Wildman–Crippen LogP) is 3.22. The van der Waals surface area contributed by atoms with Crippen LogP contribution in [0.3, 0.4) is 0 Å². The maximum Gasteiger partial charge on any atom is 0.232 e. The third kappa shape index (κ3) is 5.93. The fourth-order valence-electron chi connectivity index (χ4n) is 0.872. The molecule has 0 aliphatic rings. The maximum atomic E-state index is 9.43. The van der Waals surface area contributed by atoms with Crippen molar-refractivity contribution in [2.45, 2.75) is 40.2 Å². The van der Waals surface area contributed by atoms with Gasteiger partial charge in [0.25, 0.3) is 0 Å². The molecule has 0 saturated carbocycles. The molecule has 0 unspecified atom stereocenters. The van der Waals surface area contributed by atoms with Crippen LogP contribution in [0.5, 0.6) is 5.88 Å². The predicted molar refractivity (Wildman–Crippen MR) is 67.1 cm³/mol. The summed E-state index contributed by atoms with van der Waals surface area (Å²) >= 11 is 5.89. The summed E-state index contributed by atoms with van der Waals surface area (Å²) in [5.41, 5.74) is 0.0983. The minimum absolute atomic E-state index is 0.169. The van der Waals surface area contributed by atoms with Gasteiger partial charge in [-0.05, 0) is 32.4 Å². The lowest BCUT2D eigenvalue weighted by Gasteiger charge is -2.17. The Bertz CT molecular complexity index is 321. The smallest absolute Gasteiger partial charge is 0.232 e. The summed E-state index contributed by atoms with van der Waals surface area (Å²) in [5.74, 6) is 0.361. The van der Waals surface area contributed by atoms with Gasteiger partial charge in [-0.1, -0.05) is 25.4 Å². The van der Waals surface area contributed by atoms with Gasteiger partial charge in [-0.25, -0.2) is 4.98 Å². The lowest BCUT2D eigenvalue weighted by molar-refractivity contribution is 0.0269.